The van der Waals surface area contributed by atoms with E-state index in [-0.39, 0.29) is 5.56 Å². The Hall–Kier alpha value is -1.36. The molecule has 0 unspecified atom stereocenters. The van der Waals surface area contributed by atoms with Gasteiger partial charge in [-0.3, -0.25) is 4.98 Å². The van der Waals surface area contributed by atoms with Crippen molar-refractivity contribution in [3.05, 3.63) is 28.6 Å². The van der Waals surface area contributed by atoms with E-state index in [1.807, 2.05) is 0 Å². The number of rotatable bonds is 1. The van der Waals surface area contributed by atoms with E-state index in [1.54, 1.807) is 12.3 Å². The number of nitrogens with zero attached hydrogens (tertiary/aromatic N) is 1. The maximum absolute atomic E-state index is 10.7. The molecule has 13 heavy (non-hydrogen) atoms. The number of carboxylic acid groups (broad SMARTS) is 1. The van der Waals surface area contributed by atoms with Crippen LogP contribution in [0.5, 0.6) is 0 Å². The number of hydrogen-bond donors (Lipinski definition) is 2. The van der Waals surface area contributed by atoms with Gasteiger partial charge in [0.2, 0.25) is 0 Å². The van der Waals surface area contributed by atoms with E-state index in [4.69, 9.17) is 5.11 Å². The predicted octanol–water partition coefficient (Wildman–Crippen LogP) is 2.02. The molecule has 0 saturated heterocycles. The molecule has 4 nitrogen and oxygen atoms in total. The normalized spacial score (nSPS) is 10.5. The Balaban J connectivity index is 2.82. The first-order valence-corrected chi connectivity index (χ1v) is 4.33. The first-order chi connectivity index (χ1) is 6.18. The van der Waals surface area contributed by atoms with Crippen molar-refractivity contribution in [3.8, 4) is 0 Å². The molecule has 0 amide bonds. The molecule has 66 valence electrons. The molecular weight excluding hydrogens is 236 g/mol. The zero-order chi connectivity index (χ0) is 9.42. The molecule has 2 aromatic heterocycles. The van der Waals surface area contributed by atoms with Crippen LogP contribution in [0, 0.1) is 0 Å². The van der Waals surface area contributed by atoms with Crippen LogP contribution < -0.4 is 0 Å². The summed E-state index contributed by atoms with van der Waals surface area (Å²) in [4.78, 5) is 17.5. The Bertz CT molecular complexity index is 478. The molecule has 0 bridgehead atoms. The monoisotopic (exact) mass is 240 g/mol. The zero-order valence-corrected chi connectivity index (χ0v) is 8.00. The minimum Gasteiger partial charge on any atom is -0.478 e. The minimum absolute atomic E-state index is 0.184. The Kier molecular flexibility index (Phi) is 1.81. The molecule has 2 rings (SSSR count). The van der Waals surface area contributed by atoms with Gasteiger partial charge in [-0.1, -0.05) is 0 Å². The van der Waals surface area contributed by atoms with Crippen LogP contribution in [0.3, 0.4) is 0 Å². The number of aromatic amines is 1. The number of H-pyrrole nitrogens is 1. The molecule has 0 spiro atoms. The lowest BCUT2D eigenvalue weighted by Crippen LogP contribution is -1.97. The van der Waals surface area contributed by atoms with Crippen LogP contribution in [0.15, 0.2) is 23.1 Å². The summed E-state index contributed by atoms with van der Waals surface area (Å²) >= 11 is 3.23. The molecule has 0 aliphatic heterocycles. The van der Waals surface area contributed by atoms with Crippen LogP contribution in [0.4, 0.5) is 0 Å². The van der Waals surface area contributed by atoms with Crippen molar-refractivity contribution in [2.45, 2.75) is 0 Å². The average Bonchev–Trinajstić information content (AvgIpc) is 2.43. The number of carbonyl (C=O) groups is 1. The van der Waals surface area contributed by atoms with E-state index in [0.717, 1.165) is 9.99 Å². The van der Waals surface area contributed by atoms with Crippen molar-refractivity contribution in [2.24, 2.45) is 0 Å². The molecule has 0 aliphatic carbocycles. The van der Waals surface area contributed by atoms with Crippen molar-refractivity contribution in [2.75, 3.05) is 0 Å². The molecule has 0 radical (unpaired) electrons. The van der Waals surface area contributed by atoms with Crippen LogP contribution in [-0.4, -0.2) is 21.0 Å². The minimum atomic E-state index is -0.979. The highest BCUT2D eigenvalue weighted by atomic mass is 79.9. The summed E-state index contributed by atoms with van der Waals surface area (Å²) in [6, 6.07) is 1.79. The summed E-state index contributed by atoms with van der Waals surface area (Å²) < 4.78 is 0.748. The molecular formula is C8H5BrN2O2. The molecule has 2 aromatic rings. The van der Waals surface area contributed by atoms with Gasteiger partial charge >= 0.3 is 5.97 Å². The van der Waals surface area contributed by atoms with Gasteiger partial charge in [-0.25, -0.2) is 4.79 Å². The smallest absolute Gasteiger partial charge is 0.339 e. The van der Waals surface area contributed by atoms with Crippen molar-refractivity contribution in [1.29, 1.82) is 0 Å². The van der Waals surface area contributed by atoms with E-state index in [1.165, 1.54) is 6.20 Å². The van der Waals surface area contributed by atoms with Crippen molar-refractivity contribution < 1.29 is 9.90 Å². The number of aromatic carboxylic acids is 1. The Morgan fingerprint density at radius 3 is 3.00 bits per heavy atom. The molecule has 5 heteroatoms. The fraction of sp³-hybridized carbons (Fsp3) is 0. The maximum Gasteiger partial charge on any atom is 0.339 e. The first-order valence-electron chi connectivity index (χ1n) is 3.54. The third-order valence-electron chi connectivity index (χ3n) is 1.73. The molecule has 0 aromatic carbocycles. The summed E-state index contributed by atoms with van der Waals surface area (Å²) in [6.07, 6.45) is 2.94. The number of aromatic nitrogens is 2. The molecule has 0 atom stereocenters. The second-order valence-corrected chi connectivity index (χ2v) is 3.43. The van der Waals surface area contributed by atoms with Gasteiger partial charge in [-0.05, 0) is 22.0 Å². The van der Waals surface area contributed by atoms with E-state index in [9.17, 15) is 4.79 Å². The summed E-state index contributed by atoms with van der Waals surface area (Å²) in [6.45, 7) is 0. The molecule has 0 fully saturated rings. The van der Waals surface area contributed by atoms with Crippen molar-refractivity contribution >= 4 is 32.8 Å². The summed E-state index contributed by atoms with van der Waals surface area (Å²) in [5.41, 5.74) is 0.776. The van der Waals surface area contributed by atoms with E-state index >= 15 is 0 Å². The molecule has 2 N–H and O–H groups in total. The topological polar surface area (TPSA) is 66.0 Å². The number of fused-ring (bicyclic) bond motifs is 1. The Morgan fingerprint density at radius 1 is 1.54 bits per heavy atom. The van der Waals surface area contributed by atoms with Crippen LogP contribution >= 0.6 is 15.9 Å². The number of nitrogens with one attached hydrogen (secondary N) is 1. The Morgan fingerprint density at radius 2 is 2.31 bits per heavy atom. The van der Waals surface area contributed by atoms with Crippen molar-refractivity contribution in [1.82, 2.24) is 9.97 Å². The van der Waals surface area contributed by atoms with Gasteiger partial charge in [-0.15, -0.1) is 0 Å². The van der Waals surface area contributed by atoms with Gasteiger partial charge in [0.15, 0.2) is 0 Å². The highest BCUT2D eigenvalue weighted by molar-refractivity contribution is 9.10. The first kappa shape index (κ1) is 8.25. The fourth-order valence-electron chi connectivity index (χ4n) is 1.18. The summed E-state index contributed by atoms with van der Waals surface area (Å²) in [5, 5.41) is 9.60. The lowest BCUT2D eigenvalue weighted by atomic mass is 10.2. The summed E-state index contributed by atoms with van der Waals surface area (Å²) in [7, 11) is 0. The van der Waals surface area contributed by atoms with Gasteiger partial charge < -0.3 is 10.1 Å². The Labute approximate surface area is 81.7 Å². The van der Waals surface area contributed by atoms with Crippen LogP contribution in [-0.2, 0) is 0 Å². The van der Waals surface area contributed by atoms with Gasteiger partial charge in [0, 0.05) is 17.8 Å². The quantitative estimate of drug-likeness (QED) is 0.802. The lowest BCUT2D eigenvalue weighted by molar-refractivity contribution is 0.0698. The number of halogens is 1. The third kappa shape index (κ3) is 1.31. The van der Waals surface area contributed by atoms with Gasteiger partial charge in [0.1, 0.15) is 5.56 Å². The number of hydrogen-bond acceptors (Lipinski definition) is 2. The maximum atomic E-state index is 10.7. The van der Waals surface area contributed by atoms with Crippen molar-refractivity contribution in [3.63, 3.8) is 0 Å². The SMILES string of the molecule is O=C(O)c1cncc2cc(Br)[nH]c12. The van der Waals surface area contributed by atoms with E-state index < -0.39 is 5.97 Å². The van der Waals surface area contributed by atoms with Gasteiger partial charge in [0.25, 0.3) is 0 Å². The van der Waals surface area contributed by atoms with Crippen LogP contribution in [0.25, 0.3) is 10.9 Å². The zero-order valence-electron chi connectivity index (χ0n) is 6.41. The molecule has 2 heterocycles. The number of carboxylic acids is 1. The van der Waals surface area contributed by atoms with E-state index in [2.05, 4.69) is 25.9 Å². The lowest BCUT2D eigenvalue weighted by Gasteiger charge is -1.94. The third-order valence-corrected chi connectivity index (χ3v) is 2.16. The highest BCUT2D eigenvalue weighted by Crippen LogP contribution is 2.21. The van der Waals surface area contributed by atoms with Gasteiger partial charge in [-0.2, -0.15) is 0 Å². The molecule has 0 aliphatic rings. The second-order valence-electron chi connectivity index (χ2n) is 2.57. The molecule has 0 saturated carbocycles. The standard InChI is InChI=1S/C8H5BrN2O2/c9-6-1-4-2-10-3-5(8(12)13)7(4)11-6/h1-3,11H,(H,12,13). The van der Waals surface area contributed by atoms with E-state index in [0.29, 0.717) is 5.52 Å². The fourth-order valence-corrected chi connectivity index (χ4v) is 1.62. The number of pyridine rings is 1. The van der Waals surface area contributed by atoms with Crippen LogP contribution in [0.2, 0.25) is 0 Å². The highest BCUT2D eigenvalue weighted by Gasteiger charge is 2.10. The second kappa shape index (κ2) is 2.85. The largest absolute Gasteiger partial charge is 0.478 e. The van der Waals surface area contributed by atoms with Gasteiger partial charge in [0.05, 0.1) is 10.1 Å². The predicted molar refractivity (Wildman–Crippen MR) is 50.8 cm³/mol. The average molecular weight is 241 g/mol. The van der Waals surface area contributed by atoms with Crippen LogP contribution in [0.1, 0.15) is 10.4 Å². The summed E-state index contributed by atoms with van der Waals surface area (Å²) in [5.74, 6) is -0.979.